The summed E-state index contributed by atoms with van der Waals surface area (Å²) in [4.78, 5) is 36.4. The van der Waals surface area contributed by atoms with Gasteiger partial charge >= 0.3 is 11.9 Å². The van der Waals surface area contributed by atoms with Crippen LogP contribution in [0.4, 0.5) is 0 Å². The van der Waals surface area contributed by atoms with Crippen LogP contribution in [0.15, 0.2) is 23.1 Å². The summed E-state index contributed by atoms with van der Waals surface area (Å²) in [6, 6.07) is 0. The molecule has 3 aliphatic rings. The van der Waals surface area contributed by atoms with Gasteiger partial charge in [0.1, 0.15) is 12.2 Å². The number of allylic oxidation sites excluding steroid dienone is 2. The molecule has 0 aromatic carbocycles. The van der Waals surface area contributed by atoms with E-state index < -0.39 is 28.6 Å². The minimum atomic E-state index is -1.73. The van der Waals surface area contributed by atoms with Crippen LogP contribution in [0.2, 0.25) is 0 Å². The summed E-state index contributed by atoms with van der Waals surface area (Å²) < 4.78 is 30.0. The topological polar surface area (TPSA) is 96.0 Å². The van der Waals surface area contributed by atoms with Crippen LogP contribution in [0.5, 0.6) is 0 Å². The molecule has 1 saturated heterocycles. The lowest BCUT2D eigenvalue weighted by molar-refractivity contribution is -0.201. The summed E-state index contributed by atoms with van der Waals surface area (Å²) in [6.07, 6.45) is 4.02. The van der Waals surface area contributed by atoms with Gasteiger partial charge in [-0.05, 0) is 57.9 Å². The molecule has 0 radical (unpaired) electrons. The Balaban J connectivity index is 1.93. The number of carbonyl (C=O) groups excluding carboxylic acids is 3. The second-order valence-corrected chi connectivity index (χ2v) is 10.6. The van der Waals surface area contributed by atoms with Gasteiger partial charge in [0.05, 0.1) is 12.0 Å². The first kappa shape index (κ1) is 24.8. The number of rotatable bonds is 6. The molecule has 3 unspecified atom stereocenters. The SMILES string of the molecule is C/C=C(/C)C(=O)O[C@@H]1C2C(C)C(=O)O[C@@H]2C[C@H]2CC[C@H](OS(=O)/C=C/C(C)=O)[C@H](C)[C@]21C. The predicted molar refractivity (Wildman–Crippen MR) is 119 cm³/mol. The van der Waals surface area contributed by atoms with Crippen molar-refractivity contribution in [2.24, 2.45) is 29.1 Å². The Bertz CT molecular complexity index is 862. The number of ether oxygens (including phenoxy) is 2. The summed E-state index contributed by atoms with van der Waals surface area (Å²) >= 11 is -1.73. The van der Waals surface area contributed by atoms with Crippen LogP contribution >= 0.6 is 0 Å². The summed E-state index contributed by atoms with van der Waals surface area (Å²) in [5, 5.41) is 1.26. The molecule has 0 N–H and O–H groups in total. The van der Waals surface area contributed by atoms with E-state index in [1.807, 2.05) is 13.8 Å². The summed E-state index contributed by atoms with van der Waals surface area (Å²) in [6.45, 7) is 10.9. The van der Waals surface area contributed by atoms with Crippen LogP contribution in [0.3, 0.4) is 0 Å². The van der Waals surface area contributed by atoms with Gasteiger partial charge in [0.25, 0.3) is 0 Å². The third-order valence-corrected chi connectivity index (χ3v) is 8.76. The van der Waals surface area contributed by atoms with Crippen molar-refractivity contribution in [2.75, 3.05) is 0 Å². The highest BCUT2D eigenvalue weighted by Crippen LogP contribution is 2.59. The molecule has 0 spiro atoms. The fourth-order valence-electron chi connectivity index (χ4n) is 5.70. The molecule has 1 aliphatic heterocycles. The molecule has 32 heavy (non-hydrogen) atoms. The molecule has 3 fully saturated rings. The largest absolute Gasteiger partial charge is 0.462 e. The highest BCUT2D eigenvalue weighted by molar-refractivity contribution is 7.83. The fraction of sp³-hybridized carbons (Fsp3) is 0.708. The van der Waals surface area contributed by atoms with Gasteiger partial charge in [0.2, 0.25) is 0 Å². The molecular weight excluding hydrogens is 432 g/mol. The van der Waals surface area contributed by atoms with Gasteiger partial charge in [-0.1, -0.05) is 26.8 Å². The molecule has 8 heteroatoms. The molecule has 0 bridgehead atoms. The zero-order valence-corrected chi connectivity index (χ0v) is 20.5. The van der Waals surface area contributed by atoms with E-state index in [1.165, 1.54) is 18.4 Å². The number of hydrogen-bond acceptors (Lipinski definition) is 7. The predicted octanol–water partition coefficient (Wildman–Crippen LogP) is 3.65. The van der Waals surface area contributed by atoms with E-state index in [4.69, 9.17) is 13.7 Å². The highest BCUT2D eigenvalue weighted by atomic mass is 32.2. The average Bonchev–Trinajstić information content (AvgIpc) is 3.02. The quantitative estimate of drug-likeness (QED) is 0.435. The number of carbonyl (C=O) groups is 3. The fourth-order valence-corrected chi connectivity index (χ4v) is 6.58. The van der Waals surface area contributed by atoms with Gasteiger partial charge in [0, 0.05) is 22.3 Å². The second-order valence-electron chi connectivity index (χ2n) is 9.61. The Morgan fingerprint density at radius 1 is 1.22 bits per heavy atom. The minimum Gasteiger partial charge on any atom is -0.462 e. The van der Waals surface area contributed by atoms with Gasteiger partial charge in [-0.2, -0.15) is 0 Å². The van der Waals surface area contributed by atoms with E-state index in [2.05, 4.69) is 6.92 Å². The number of esters is 2. The van der Waals surface area contributed by atoms with Crippen molar-refractivity contribution in [3.05, 3.63) is 23.1 Å². The third kappa shape index (κ3) is 4.49. The van der Waals surface area contributed by atoms with Crippen molar-refractivity contribution in [2.45, 2.75) is 79.1 Å². The van der Waals surface area contributed by atoms with Crippen molar-refractivity contribution in [1.29, 1.82) is 0 Å². The van der Waals surface area contributed by atoms with Crippen molar-refractivity contribution in [3.63, 3.8) is 0 Å². The van der Waals surface area contributed by atoms with E-state index in [-0.39, 0.29) is 47.6 Å². The van der Waals surface area contributed by atoms with E-state index >= 15 is 0 Å². The first-order valence-corrected chi connectivity index (χ1v) is 12.4. The lowest BCUT2D eigenvalue weighted by atomic mass is 9.50. The van der Waals surface area contributed by atoms with Gasteiger partial charge in [-0.3, -0.25) is 13.8 Å². The van der Waals surface area contributed by atoms with Crippen LogP contribution in [-0.4, -0.2) is 40.2 Å². The zero-order valence-electron chi connectivity index (χ0n) is 19.7. The van der Waals surface area contributed by atoms with Crippen LogP contribution in [0, 0.1) is 29.1 Å². The molecule has 0 aromatic heterocycles. The molecule has 0 aromatic rings. The molecule has 9 atom stereocenters. The second kappa shape index (κ2) is 9.59. The Labute approximate surface area is 192 Å². The van der Waals surface area contributed by atoms with Gasteiger partial charge < -0.3 is 9.47 Å². The zero-order chi connectivity index (χ0) is 23.8. The summed E-state index contributed by atoms with van der Waals surface area (Å²) in [7, 11) is 0. The van der Waals surface area contributed by atoms with Crippen molar-refractivity contribution >= 4 is 28.8 Å². The molecular formula is C24H34O7S. The van der Waals surface area contributed by atoms with Gasteiger partial charge in [0.15, 0.2) is 16.9 Å². The maximum absolute atomic E-state index is 12.8. The third-order valence-electron chi connectivity index (χ3n) is 7.96. The summed E-state index contributed by atoms with van der Waals surface area (Å²) in [5.74, 6) is -1.38. The smallest absolute Gasteiger partial charge is 0.333 e. The van der Waals surface area contributed by atoms with E-state index in [1.54, 1.807) is 19.9 Å². The Hall–Kier alpha value is -1.80. The standard InChI is InChI=1S/C24H34O7S/c1-7-13(2)22(26)30-21-20-15(4)23(27)29-19(20)12-17-8-9-18(16(5)24(17,21)6)31-32(28)11-10-14(3)25/h7,10-11,15-21H,8-9,12H2,1-6H3/b11-10+,13-7-/t15?,16-,17+,18-,19+,20?,21+,24+,32?/m0/s1. The number of fused-ring (bicyclic) bond motifs is 2. The highest BCUT2D eigenvalue weighted by Gasteiger charge is 2.64. The Morgan fingerprint density at radius 2 is 1.91 bits per heavy atom. The maximum atomic E-state index is 12.8. The number of ketones is 1. The van der Waals surface area contributed by atoms with Gasteiger partial charge in [-0.25, -0.2) is 9.00 Å². The minimum absolute atomic E-state index is 0.0940. The maximum Gasteiger partial charge on any atom is 0.333 e. The van der Waals surface area contributed by atoms with Crippen LogP contribution < -0.4 is 0 Å². The lowest BCUT2D eigenvalue weighted by Gasteiger charge is -2.57. The van der Waals surface area contributed by atoms with Crippen molar-refractivity contribution in [3.8, 4) is 0 Å². The molecule has 178 valence electrons. The Kier molecular flexibility index (Phi) is 7.44. The number of hydrogen-bond donors (Lipinski definition) is 0. The van der Waals surface area contributed by atoms with Crippen molar-refractivity contribution in [1.82, 2.24) is 0 Å². The van der Waals surface area contributed by atoms with E-state index in [0.29, 0.717) is 12.0 Å². The molecule has 2 aliphatic carbocycles. The van der Waals surface area contributed by atoms with Crippen LogP contribution in [-0.2, 0) is 39.1 Å². The van der Waals surface area contributed by atoms with E-state index in [0.717, 1.165) is 12.8 Å². The Morgan fingerprint density at radius 3 is 2.53 bits per heavy atom. The van der Waals surface area contributed by atoms with E-state index in [9.17, 15) is 18.6 Å². The molecule has 1 heterocycles. The summed E-state index contributed by atoms with van der Waals surface area (Å²) in [5.41, 5.74) is 0.0294. The van der Waals surface area contributed by atoms with Crippen LogP contribution in [0.1, 0.15) is 60.8 Å². The molecule has 0 amide bonds. The lowest BCUT2D eigenvalue weighted by Crippen LogP contribution is -2.61. The average molecular weight is 467 g/mol. The van der Waals surface area contributed by atoms with Crippen LogP contribution in [0.25, 0.3) is 0 Å². The first-order valence-electron chi connectivity index (χ1n) is 11.3. The first-order chi connectivity index (χ1) is 15.0. The molecule has 3 rings (SSSR count). The normalized spacial score (nSPS) is 40.4. The van der Waals surface area contributed by atoms with Crippen molar-refractivity contribution < 1.29 is 32.2 Å². The molecule has 2 saturated carbocycles. The molecule has 7 nitrogen and oxygen atoms in total. The van der Waals surface area contributed by atoms with Gasteiger partial charge in [-0.15, -0.1) is 0 Å². The monoisotopic (exact) mass is 466 g/mol.